The van der Waals surface area contributed by atoms with Crippen LogP contribution in [0, 0.1) is 11.8 Å². The molecule has 0 aliphatic rings. The van der Waals surface area contributed by atoms with E-state index in [0.717, 1.165) is 32.1 Å². The lowest BCUT2D eigenvalue weighted by Gasteiger charge is -2.34. The number of carboxylic acid groups (broad SMARTS) is 1. The predicted octanol–water partition coefficient (Wildman–Crippen LogP) is 7.97. The molecule has 0 aliphatic carbocycles. The number of carboxylic acids is 1. The van der Waals surface area contributed by atoms with Crippen LogP contribution in [0.15, 0.2) is 0 Å². The average molecular weight is 639 g/mol. The van der Waals surface area contributed by atoms with E-state index in [1.54, 1.807) is 0 Å². The molecule has 0 aliphatic heterocycles. The fraction of sp³-hybridized carbons (Fsp3) is 0.970. The first-order valence-electron chi connectivity index (χ1n) is 17.3. The number of aliphatic hydroxyl groups is 1. The number of nitrogens with zero attached hydrogens (tertiary/aromatic N) is 1. The Labute approximate surface area is 264 Å². The monoisotopic (exact) mass is 638 g/mol. The lowest BCUT2D eigenvalue weighted by molar-refractivity contribution is -0.870. The van der Waals surface area contributed by atoms with Gasteiger partial charge in [-0.1, -0.05) is 111 Å². The summed E-state index contributed by atoms with van der Waals surface area (Å²) in [6.45, 7) is 7.21. The molecular formula is C33H69NO8P+. The van der Waals surface area contributed by atoms with Crippen LogP contribution >= 0.6 is 7.82 Å². The maximum atomic E-state index is 12.6. The van der Waals surface area contributed by atoms with Gasteiger partial charge in [0.25, 0.3) is 0 Å². The van der Waals surface area contributed by atoms with E-state index in [-0.39, 0.29) is 38.1 Å². The highest BCUT2D eigenvalue weighted by atomic mass is 31.2. The number of carbonyl (C=O) groups is 1. The van der Waals surface area contributed by atoms with E-state index in [0.29, 0.717) is 23.9 Å². The van der Waals surface area contributed by atoms with Gasteiger partial charge in [-0.3, -0.25) is 13.8 Å². The normalized spacial score (nSPS) is 16.5. The maximum absolute atomic E-state index is 12.6. The van der Waals surface area contributed by atoms with E-state index in [1.165, 1.54) is 64.2 Å². The quantitative estimate of drug-likeness (QED) is 0.0397. The van der Waals surface area contributed by atoms with Gasteiger partial charge in [-0.2, -0.15) is 0 Å². The Morgan fingerprint density at radius 3 is 1.86 bits per heavy atom. The third kappa shape index (κ3) is 25.4. The highest BCUT2D eigenvalue weighted by Crippen LogP contribution is 2.43. The molecule has 0 bridgehead atoms. The summed E-state index contributed by atoms with van der Waals surface area (Å²) in [5, 5.41) is 20.6. The Bertz CT molecular complexity index is 718. The van der Waals surface area contributed by atoms with Gasteiger partial charge >= 0.3 is 13.8 Å². The highest BCUT2D eigenvalue weighted by molar-refractivity contribution is 7.47. The minimum absolute atomic E-state index is 0.0315. The fourth-order valence-corrected chi connectivity index (χ4v) is 6.08. The lowest BCUT2D eigenvalue weighted by atomic mass is 9.79. The number of phosphoric ester groups is 1. The van der Waals surface area contributed by atoms with Gasteiger partial charge in [0.15, 0.2) is 0 Å². The molecule has 0 heterocycles. The molecule has 0 fully saturated rings. The molecule has 10 heteroatoms. The van der Waals surface area contributed by atoms with E-state index in [2.05, 4.69) is 20.8 Å². The number of aliphatic carboxylic acids is 1. The molecule has 0 aromatic carbocycles. The van der Waals surface area contributed by atoms with Crippen LogP contribution < -0.4 is 0 Å². The highest BCUT2D eigenvalue weighted by Gasteiger charge is 2.34. The van der Waals surface area contributed by atoms with Crippen LogP contribution in [0.2, 0.25) is 0 Å². The third-order valence-electron chi connectivity index (χ3n) is 8.24. The summed E-state index contributed by atoms with van der Waals surface area (Å²) in [5.41, 5.74) is 0. The van der Waals surface area contributed by atoms with Crippen molar-refractivity contribution in [2.24, 2.45) is 11.8 Å². The Balaban J connectivity index is 5.35. The molecular weight excluding hydrogens is 569 g/mol. The largest absolute Gasteiger partial charge is 0.481 e. The van der Waals surface area contributed by atoms with Crippen molar-refractivity contribution in [3.63, 3.8) is 0 Å². The van der Waals surface area contributed by atoms with Crippen LogP contribution in [0.3, 0.4) is 0 Å². The minimum Gasteiger partial charge on any atom is -0.481 e. The van der Waals surface area contributed by atoms with Crippen LogP contribution in [0.5, 0.6) is 0 Å². The molecule has 0 radical (unpaired) electrons. The number of hydrogen-bond acceptors (Lipinski definition) is 6. The van der Waals surface area contributed by atoms with Gasteiger partial charge in [0, 0.05) is 13.0 Å². The van der Waals surface area contributed by atoms with Crippen molar-refractivity contribution in [2.75, 3.05) is 47.5 Å². The first-order chi connectivity index (χ1) is 20.3. The molecule has 3 N–H and O–H groups in total. The van der Waals surface area contributed by atoms with Crippen LogP contribution in [0.4, 0.5) is 0 Å². The van der Waals surface area contributed by atoms with Crippen LogP contribution in [0.25, 0.3) is 0 Å². The van der Waals surface area contributed by atoms with Gasteiger partial charge in [-0.15, -0.1) is 0 Å². The zero-order chi connectivity index (χ0) is 32.6. The van der Waals surface area contributed by atoms with Gasteiger partial charge in [0.05, 0.1) is 33.9 Å². The number of rotatable bonds is 31. The molecule has 258 valence electrons. The molecule has 0 saturated heterocycles. The Morgan fingerprint density at radius 1 is 0.767 bits per heavy atom. The molecule has 9 nitrogen and oxygen atoms in total. The maximum Gasteiger partial charge on any atom is 0.472 e. The van der Waals surface area contributed by atoms with Crippen LogP contribution in [0.1, 0.15) is 136 Å². The molecule has 0 aromatic rings. The van der Waals surface area contributed by atoms with Crippen molar-refractivity contribution in [1.29, 1.82) is 0 Å². The number of quaternary nitrogens is 1. The van der Waals surface area contributed by atoms with Crippen molar-refractivity contribution >= 4 is 13.8 Å². The van der Waals surface area contributed by atoms with Crippen molar-refractivity contribution < 1.29 is 42.7 Å². The van der Waals surface area contributed by atoms with E-state index < -0.39 is 26.0 Å². The van der Waals surface area contributed by atoms with E-state index >= 15 is 0 Å². The molecule has 5 atom stereocenters. The number of aliphatic hydroxyl groups excluding tert-OH is 1. The van der Waals surface area contributed by atoms with Gasteiger partial charge in [-0.25, -0.2) is 4.57 Å². The van der Waals surface area contributed by atoms with Gasteiger partial charge in [0.2, 0.25) is 0 Å². The smallest absolute Gasteiger partial charge is 0.472 e. The van der Waals surface area contributed by atoms with Gasteiger partial charge in [0.1, 0.15) is 19.3 Å². The molecule has 0 saturated carbocycles. The zero-order valence-corrected chi connectivity index (χ0v) is 29.5. The van der Waals surface area contributed by atoms with Gasteiger partial charge in [-0.05, 0) is 31.1 Å². The van der Waals surface area contributed by atoms with E-state index in [1.807, 2.05) is 21.1 Å². The van der Waals surface area contributed by atoms with E-state index in [4.69, 9.17) is 18.9 Å². The molecule has 0 rings (SSSR count). The van der Waals surface area contributed by atoms with Crippen LogP contribution in [-0.2, 0) is 23.1 Å². The molecule has 0 aromatic heterocycles. The summed E-state index contributed by atoms with van der Waals surface area (Å²) in [4.78, 5) is 21.2. The van der Waals surface area contributed by atoms with Crippen molar-refractivity contribution in [3.05, 3.63) is 0 Å². The summed E-state index contributed by atoms with van der Waals surface area (Å²) in [6, 6.07) is 0. The number of phosphoric acid groups is 1. The number of ether oxygens (including phenoxy) is 1. The molecule has 0 spiro atoms. The van der Waals surface area contributed by atoms with Crippen molar-refractivity contribution in [2.45, 2.75) is 149 Å². The summed E-state index contributed by atoms with van der Waals surface area (Å²) in [5.74, 6) is -0.623. The molecule has 5 unspecified atom stereocenters. The Hall–Kier alpha value is -0.540. The topological polar surface area (TPSA) is 123 Å². The second kappa shape index (κ2) is 25.6. The molecule has 43 heavy (non-hydrogen) atoms. The Kier molecular flexibility index (Phi) is 25.3. The first-order valence-corrected chi connectivity index (χ1v) is 18.8. The number of unbranched alkanes of at least 4 members (excludes halogenated alkanes) is 12. The SMILES string of the molecule is CCCCCCCCCCCC(C(C)CCCCCC)C(O)C(COP(=O)(O)OCC[N+](C)(C)C)OCCCCC(=O)O. The molecule has 0 amide bonds. The fourth-order valence-electron chi connectivity index (χ4n) is 5.36. The second-order valence-electron chi connectivity index (χ2n) is 13.5. The average Bonchev–Trinajstić information content (AvgIpc) is 2.92. The van der Waals surface area contributed by atoms with Crippen molar-refractivity contribution in [1.82, 2.24) is 0 Å². The predicted molar refractivity (Wildman–Crippen MR) is 175 cm³/mol. The number of likely N-dealkylation sites (N-methyl/N-ethyl adjacent to an activating group) is 1. The van der Waals surface area contributed by atoms with Crippen molar-refractivity contribution in [3.8, 4) is 0 Å². The van der Waals surface area contributed by atoms with E-state index in [9.17, 15) is 19.4 Å². The first kappa shape index (κ1) is 42.5. The van der Waals surface area contributed by atoms with Crippen LogP contribution in [-0.4, -0.2) is 85.3 Å². The lowest BCUT2D eigenvalue weighted by Crippen LogP contribution is -2.41. The summed E-state index contributed by atoms with van der Waals surface area (Å²) >= 11 is 0. The third-order valence-corrected chi connectivity index (χ3v) is 9.22. The second-order valence-corrected chi connectivity index (χ2v) is 14.9. The van der Waals surface area contributed by atoms with Gasteiger partial charge < -0.3 is 24.3 Å². The summed E-state index contributed by atoms with van der Waals surface area (Å²) in [6.07, 6.45) is 17.0. The minimum atomic E-state index is -4.33. The Morgan fingerprint density at radius 2 is 1.30 bits per heavy atom. The summed E-state index contributed by atoms with van der Waals surface area (Å²) in [7, 11) is 1.57. The zero-order valence-electron chi connectivity index (χ0n) is 28.6. The number of hydrogen-bond donors (Lipinski definition) is 3. The standard InChI is InChI=1S/C33H68NO8P/c1-7-9-11-13-14-15-16-17-19-23-30(29(3)22-18-12-10-8-2)33(37)31(40-26-21-20-24-32(35)36)28-42-43(38,39)41-27-25-34(4,5)6/h29-31,33,37H,7-28H2,1-6H3,(H-,35,36,38,39)/p+1. The summed E-state index contributed by atoms with van der Waals surface area (Å²) < 4.78 is 29.8.